The largest absolute Gasteiger partial charge is 0.487 e. The Labute approximate surface area is 101 Å². The lowest BCUT2D eigenvalue weighted by molar-refractivity contribution is -0.148. The van der Waals surface area contributed by atoms with Crippen molar-refractivity contribution in [3.05, 3.63) is 35.9 Å². The van der Waals surface area contributed by atoms with Crippen LogP contribution in [-0.2, 0) is 0 Å². The molecular weight excluding hydrogens is 250 g/mol. The van der Waals surface area contributed by atoms with Crippen LogP contribution in [0.3, 0.4) is 0 Å². The normalized spacial score (nSPS) is 11.8. The summed E-state index contributed by atoms with van der Waals surface area (Å²) in [5.41, 5.74) is 0.671. The summed E-state index contributed by atoms with van der Waals surface area (Å²) in [5.74, 6) is -4.11. The molecule has 0 unspecified atom stereocenters. The highest BCUT2D eigenvalue weighted by molar-refractivity contribution is 5.52. The first-order chi connectivity index (χ1) is 8.45. The molecular formula is C12H9F4NO. The highest BCUT2D eigenvalue weighted by Gasteiger charge is 2.41. The summed E-state index contributed by atoms with van der Waals surface area (Å²) in [6.07, 6.45) is -0.992. The molecule has 0 amide bonds. The molecule has 0 aromatic heterocycles. The molecule has 2 nitrogen and oxygen atoms in total. The number of alkyl halides is 4. The molecule has 1 aromatic carbocycles. The summed E-state index contributed by atoms with van der Waals surface area (Å²) in [7, 11) is 0. The molecule has 0 aliphatic heterocycles. The van der Waals surface area contributed by atoms with Crippen LogP contribution in [0.25, 0.3) is 6.08 Å². The number of halogens is 4. The SMILES string of the molecule is N#C/C=C\c1ccc(OCC(F)(F)C(F)F)cc1. The lowest BCUT2D eigenvalue weighted by Gasteiger charge is -2.15. The van der Waals surface area contributed by atoms with E-state index in [1.54, 1.807) is 6.07 Å². The lowest BCUT2D eigenvalue weighted by Crippen LogP contribution is -2.33. The first-order valence-electron chi connectivity index (χ1n) is 4.91. The van der Waals surface area contributed by atoms with E-state index in [9.17, 15) is 17.6 Å². The number of hydrogen-bond acceptors (Lipinski definition) is 2. The Balaban J connectivity index is 2.60. The van der Waals surface area contributed by atoms with Gasteiger partial charge in [0.1, 0.15) is 5.75 Å². The van der Waals surface area contributed by atoms with Gasteiger partial charge >= 0.3 is 12.3 Å². The van der Waals surface area contributed by atoms with Gasteiger partial charge in [-0.25, -0.2) is 8.78 Å². The molecule has 0 aliphatic carbocycles. The number of benzene rings is 1. The summed E-state index contributed by atoms with van der Waals surface area (Å²) in [4.78, 5) is 0. The molecule has 96 valence electrons. The van der Waals surface area contributed by atoms with E-state index in [0.29, 0.717) is 5.56 Å². The fourth-order valence-electron chi connectivity index (χ4n) is 1.05. The molecule has 1 aromatic rings. The van der Waals surface area contributed by atoms with Gasteiger partial charge in [-0.1, -0.05) is 12.1 Å². The van der Waals surface area contributed by atoms with Crippen LogP contribution in [0.15, 0.2) is 30.3 Å². The van der Waals surface area contributed by atoms with Gasteiger partial charge < -0.3 is 4.74 Å². The molecule has 0 saturated heterocycles. The van der Waals surface area contributed by atoms with Crippen LogP contribution >= 0.6 is 0 Å². The van der Waals surface area contributed by atoms with Crippen molar-refractivity contribution in [1.29, 1.82) is 5.26 Å². The third-order valence-electron chi connectivity index (χ3n) is 1.98. The third kappa shape index (κ3) is 4.09. The van der Waals surface area contributed by atoms with Crippen molar-refractivity contribution in [2.75, 3.05) is 6.61 Å². The maximum Gasteiger partial charge on any atom is 0.340 e. The van der Waals surface area contributed by atoms with Gasteiger partial charge in [0.2, 0.25) is 0 Å². The van der Waals surface area contributed by atoms with Gasteiger partial charge in [-0.3, -0.25) is 0 Å². The van der Waals surface area contributed by atoms with Crippen LogP contribution in [0, 0.1) is 11.3 Å². The minimum atomic E-state index is -4.17. The van der Waals surface area contributed by atoms with E-state index in [4.69, 9.17) is 5.26 Å². The van der Waals surface area contributed by atoms with E-state index < -0.39 is 19.0 Å². The van der Waals surface area contributed by atoms with Gasteiger partial charge in [0.25, 0.3) is 0 Å². The highest BCUT2D eigenvalue weighted by Crippen LogP contribution is 2.24. The number of hydrogen-bond donors (Lipinski definition) is 0. The smallest absolute Gasteiger partial charge is 0.340 e. The van der Waals surface area contributed by atoms with Gasteiger partial charge in [-0.05, 0) is 23.8 Å². The van der Waals surface area contributed by atoms with Crippen molar-refractivity contribution in [2.24, 2.45) is 0 Å². The van der Waals surface area contributed by atoms with E-state index in [0.717, 1.165) is 0 Å². The Morgan fingerprint density at radius 3 is 2.39 bits per heavy atom. The maximum absolute atomic E-state index is 12.6. The number of allylic oxidation sites excluding steroid dienone is 1. The summed E-state index contributed by atoms with van der Waals surface area (Å²) in [6, 6.07) is 7.55. The molecule has 0 radical (unpaired) electrons. The zero-order valence-corrected chi connectivity index (χ0v) is 9.12. The monoisotopic (exact) mass is 259 g/mol. The van der Waals surface area contributed by atoms with Gasteiger partial charge in [0.15, 0.2) is 6.61 Å². The van der Waals surface area contributed by atoms with Crippen molar-refractivity contribution in [2.45, 2.75) is 12.3 Å². The van der Waals surface area contributed by atoms with E-state index in [1.807, 2.05) is 0 Å². The van der Waals surface area contributed by atoms with Crippen molar-refractivity contribution in [3.63, 3.8) is 0 Å². The Kier molecular flexibility index (Phi) is 4.72. The standard InChI is InChI=1S/C12H9F4NO/c13-11(14)12(15,16)8-18-10-5-3-9(4-6-10)2-1-7-17/h1-6,11H,8H2/b2-1-. The van der Waals surface area contributed by atoms with Crippen LogP contribution in [0.2, 0.25) is 0 Å². The Bertz CT molecular complexity index is 448. The molecule has 1 rings (SSSR count). The average molecular weight is 259 g/mol. The summed E-state index contributed by atoms with van der Waals surface area (Å²) >= 11 is 0. The Morgan fingerprint density at radius 1 is 1.28 bits per heavy atom. The van der Waals surface area contributed by atoms with E-state index in [-0.39, 0.29) is 5.75 Å². The van der Waals surface area contributed by atoms with Crippen molar-refractivity contribution < 1.29 is 22.3 Å². The Hall–Kier alpha value is -2.03. The molecule has 0 saturated carbocycles. The zero-order valence-electron chi connectivity index (χ0n) is 9.12. The van der Waals surface area contributed by atoms with Gasteiger partial charge in [-0.15, -0.1) is 0 Å². The van der Waals surface area contributed by atoms with Crippen molar-refractivity contribution in [3.8, 4) is 11.8 Å². The van der Waals surface area contributed by atoms with E-state index in [2.05, 4.69) is 4.74 Å². The van der Waals surface area contributed by atoms with Crippen LogP contribution in [-0.4, -0.2) is 19.0 Å². The number of ether oxygens (including phenoxy) is 1. The third-order valence-corrected chi connectivity index (χ3v) is 1.98. The molecule has 0 spiro atoms. The minimum absolute atomic E-state index is 0.0597. The van der Waals surface area contributed by atoms with Crippen molar-refractivity contribution >= 4 is 6.08 Å². The molecule has 18 heavy (non-hydrogen) atoms. The van der Waals surface area contributed by atoms with Gasteiger partial charge in [0.05, 0.1) is 6.07 Å². The van der Waals surface area contributed by atoms with Crippen LogP contribution < -0.4 is 4.74 Å². The topological polar surface area (TPSA) is 33.0 Å². The molecule has 6 heteroatoms. The molecule has 0 fully saturated rings. The quantitative estimate of drug-likeness (QED) is 0.599. The molecule has 0 aliphatic rings. The van der Waals surface area contributed by atoms with Crippen LogP contribution in [0.5, 0.6) is 5.75 Å². The first-order valence-corrected chi connectivity index (χ1v) is 4.91. The van der Waals surface area contributed by atoms with Crippen LogP contribution in [0.4, 0.5) is 17.6 Å². The summed E-state index contributed by atoms with van der Waals surface area (Å²) in [6.45, 7) is -1.38. The Morgan fingerprint density at radius 2 is 1.89 bits per heavy atom. The van der Waals surface area contributed by atoms with E-state index >= 15 is 0 Å². The van der Waals surface area contributed by atoms with Gasteiger partial charge in [-0.2, -0.15) is 14.0 Å². The maximum atomic E-state index is 12.6. The fourth-order valence-corrected chi connectivity index (χ4v) is 1.05. The zero-order chi connectivity index (χ0) is 13.6. The lowest BCUT2D eigenvalue weighted by atomic mass is 10.2. The fraction of sp³-hybridized carbons (Fsp3) is 0.250. The van der Waals surface area contributed by atoms with E-state index in [1.165, 1.54) is 36.4 Å². The second kappa shape index (κ2) is 6.05. The minimum Gasteiger partial charge on any atom is -0.487 e. The molecule has 0 bridgehead atoms. The predicted molar refractivity (Wildman–Crippen MR) is 57.5 cm³/mol. The number of nitriles is 1. The van der Waals surface area contributed by atoms with Gasteiger partial charge in [0, 0.05) is 6.08 Å². The second-order valence-electron chi connectivity index (χ2n) is 3.38. The summed E-state index contributed by atoms with van der Waals surface area (Å²) in [5, 5.41) is 8.29. The van der Waals surface area contributed by atoms with Crippen molar-refractivity contribution in [1.82, 2.24) is 0 Å². The second-order valence-corrected chi connectivity index (χ2v) is 3.38. The predicted octanol–water partition coefficient (Wildman–Crippen LogP) is 3.50. The van der Waals surface area contributed by atoms with Crippen LogP contribution in [0.1, 0.15) is 5.56 Å². The average Bonchev–Trinajstić information content (AvgIpc) is 2.35. The number of rotatable bonds is 5. The highest BCUT2D eigenvalue weighted by atomic mass is 19.3. The first kappa shape index (κ1) is 14.0. The summed E-state index contributed by atoms with van der Waals surface area (Å²) < 4.78 is 53.4. The molecule has 0 atom stereocenters. The molecule has 0 heterocycles. The number of nitrogens with zero attached hydrogens (tertiary/aromatic N) is 1. The molecule has 0 N–H and O–H groups in total.